The van der Waals surface area contributed by atoms with Crippen molar-refractivity contribution >= 4 is 5.91 Å². The van der Waals surface area contributed by atoms with E-state index in [-0.39, 0.29) is 12.5 Å². The van der Waals surface area contributed by atoms with Gasteiger partial charge in [0.25, 0.3) is 5.91 Å². The zero-order chi connectivity index (χ0) is 19.3. The van der Waals surface area contributed by atoms with Crippen molar-refractivity contribution in [2.45, 2.75) is 25.8 Å². The summed E-state index contributed by atoms with van der Waals surface area (Å²) in [6.07, 6.45) is 7.94. The lowest BCUT2D eigenvalue weighted by Crippen LogP contribution is -2.39. The lowest BCUT2D eigenvalue weighted by Gasteiger charge is -2.32. The fourth-order valence-electron chi connectivity index (χ4n) is 3.64. The molecule has 0 saturated carbocycles. The number of carbonyl (C=O) groups excluding carboxylic acids is 1. The van der Waals surface area contributed by atoms with Crippen LogP contribution in [-0.2, 0) is 13.0 Å². The number of nitrogens with zero attached hydrogens (tertiary/aromatic N) is 5. The molecule has 1 aromatic carbocycles. The summed E-state index contributed by atoms with van der Waals surface area (Å²) in [4.78, 5) is 14.7. The Morgan fingerprint density at radius 3 is 2.64 bits per heavy atom. The van der Waals surface area contributed by atoms with Crippen LogP contribution in [0.25, 0.3) is 11.1 Å². The maximum atomic E-state index is 12.8. The summed E-state index contributed by atoms with van der Waals surface area (Å²) in [6.45, 7) is 2.40. The van der Waals surface area contributed by atoms with E-state index < -0.39 is 0 Å². The molecule has 3 heterocycles. The number of amides is 1. The molecule has 1 aliphatic heterocycles. The molecule has 4 rings (SSSR count). The lowest BCUT2D eigenvalue weighted by atomic mass is 9.96. The van der Waals surface area contributed by atoms with Gasteiger partial charge >= 0.3 is 0 Å². The summed E-state index contributed by atoms with van der Waals surface area (Å²) in [5, 5.41) is 23.9. The number of hydrogen-bond acceptors (Lipinski definition) is 5. The van der Waals surface area contributed by atoms with Crippen molar-refractivity contribution in [1.82, 2.24) is 30.1 Å². The fraction of sp³-hybridized carbons (Fsp3) is 0.400. The minimum atomic E-state index is 0.0856. The molecule has 8 nitrogen and oxygen atoms in total. The van der Waals surface area contributed by atoms with Gasteiger partial charge in [-0.3, -0.25) is 14.6 Å². The Hall–Kier alpha value is -3.00. The highest BCUT2D eigenvalue weighted by Crippen LogP contribution is 2.22. The van der Waals surface area contributed by atoms with Crippen LogP contribution in [0, 0.1) is 5.92 Å². The number of hydrogen-bond donors (Lipinski definition) is 2. The van der Waals surface area contributed by atoms with Gasteiger partial charge < -0.3 is 10.0 Å². The second kappa shape index (κ2) is 8.35. The van der Waals surface area contributed by atoms with Crippen molar-refractivity contribution in [3.63, 3.8) is 0 Å². The number of carbonyl (C=O) groups is 1. The first-order valence-corrected chi connectivity index (χ1v) is 9.61. The van der Waals surface area contributed by atoms with Crippen LogP contribution in [0.3, 0.4) is 0 Å². The normalized spacial score (nSPS) is 15.1. The molecule has 1 amide bonds. The predicted molar refractivity (Wildman–Crippen MR) is 103 cm³/mol. The highest BCUT2D eigenvalue weighted by Gasteiger charge is 2.24. The topological polar surface area (TPSA) is 99.9 Å². The third-order valence-electron chi connectivity index (χ3n) is 5.26. The number of piperidine rings is 1. The first-order chi connectivity index (χ1) is 13.7. The summed E-state index contributed by atoms with van der Waals surface area (Å²) in [5.41, 5.74) is 3.58. The van der Waals surface area contributed by atoms with E-state index in [1.54, 1.807) is 6.20 Å². The number of H-pyrrole nitrogens is 1. The van der Waals surface area contributed by atoms with Gasteiger partial charge in [0, 0.05) is 56.2 Å². The molecule has 1 aliphatic rings. The Balaban J connectivity index is 1.31. The number of aromatic amines is 1. The number of aliphatic hydroxyl groups excluding tert-OH is 1. The Morgan fingerprint density at radius 2 is 1.96 bits per heavy atom. The first-order valence-electron chi connectivity index (χ1n) is 9.61. The van der Waals surface area contributed by atoms with Crippen LogP contribution in [0.5, 0.6) is 0 Å². The average molecular weight is 380 g/mol. The van der Waals surface area contributed by atoms with E-state index in [9.17, 15) is 4.79 Å². The molecule has 1 fully saturated rings. The van der Waals surface area contributed by atoms with E-state index in [0.717, 1.165) is 54.9 Å². The Labute approximate surface area is 163 Å². The molecule has 0 unspecified atom stereocenters. The zero-order valence-electron chi connectivity index (χ0n) is 15.7. The quantitative estimate of drug-likeness (QED) is 0.679. The minimum Gasteiger partial charge on any atom is -0.396 e. The molecule has 1 saturated heterocycles. The first kappa shape index (κ1) is 18.4. The van der Waals surface area contributed by atoms with Crippen molar-refractivity contribution in [3.05, 3.63) is 54.1 Å². The van der Waals surface area contributed by atoms with Gasteiger partial charge in [-0.25, -0.2) is 0 Å². The third-order valence-corrected chi connectivity index (χ3v) is 5.26. The van der Waals surface area contributed by atoms with Crippen molar-refractivity contribution in [2.75, 3.05) is 19.7 Å². The van der Waals surface area contributed by atoms with Gasteiger partial charge in [-0.15, -0.1) is 5.10 Å². The van der Waals surface area contributed by atoms with Crippen LogP contribution < -0.4 is 0 Å². The molecule has 8 heteroatoms. The van der Waals surface area contributed by atoms with Gasteiger partial charge in [-0.05, 0) is 36.5 Å². The molecular formula is C20H24N6O2. The van der Waals surface area contributed by atoms with Crippen LogP contribution >= 0.6 is 0 Å². The number of nitrogens with one attached hydrogen (secondary N) is 1. The van der Waals surface area contributed by atoms with Gasteiger partial charge in [0.1, 0.15) is 0 Å². The van der Waals surface area contributed by atoms with Crippen LogP contribution in [0.2, 0.25) is 0 Å². The molecule has 2 aromatic heterocycles. The second-order valence-corrected chi connectivity index (χ2v) is 7.21. The molecule has 0 radical (unpaired) electrons. The van der Waals surface area contributed by atoms with Crippen molar-refractivity contribution in [2.24, 2.45) is 5.92 Å². The minimum absolute atomic E-state index is 0.0856. The second-order valence-electron chi connectivity index (χ2n) is 7.21. The highest BCUT2D eigenvalue weighted by molar-refractivity contribution is 5.94. The molecule has 2 N–H and O–H groups in total. The van der Waals surface area contributed by atoms with E-state index in [1.807, 2.05) is 46.2 Å². The van der Waals surface area contributed by atoms with E-state index in [4.69, 9.17) is 5.11 Å². The summed E-state index contributed by atoms with van der Waals surface area (Å²) in [5.74, 6) is 0.569. The maximum Gasteiger partial charge on any atom is 0.253 e. The Morgan fingerprint density at radius 1 is 1.18 bits per heavy atom. The van der Waals surface area contributed by atoms with Gasteiger partial charge in [0.05, 0.1) is 11.9 Å². The smallest absolute Gasteiger partial charge is 0.253 e. The summed E-state index contributed by atoms with van der Waals surface area (Å²) in [7, 11) is 0. The van der Waals surface area contributed by atoms with Crippen molar-refractivity contribution in [1.29, 1.82) is 0 Å². The average Bonchev–Trinajstić information content (AvgIpc) is 3.41. The fourth-order valence-corrected chi connectivity index (χ4v) is 3.64. The van der Waals surface area contributed by atoms with Gasteiger partial charge in [-0.2, -0.15) is 5.10 Å². The molecule has 0 bridgehead atoms. The lowest BCUT2D eigenvalue weighted by molar-refractivity contribution is 0.0681. The molecule has 28 heavy (non-hydrogen) atoms. The van der Waals surface area contributed by atoms with Crippen molar-refractivity contribution < 1.29 is 9.90 Å². The molecule has 146 valence electrons. The predicted octanol–water partition coefficient (Wildman–Crippen LogP) is 1.76. The Kier molecular flexibility index (Phi) is 5.48. The number of aromatic nitrogens is 5. The van der Waals surface area contributed by atoms with E-state index in [2.05, 4.69) is 20.5 Å². The summed E-state index contributed by atoms with van der Waals surface area (Å²) >= 11 is 0. The summed E-state index contributed by atoms with van der Waals surface area (Å²) in [6, 6.07) is 7.68. The van der Waals surface area contributed by atoms with E-state index in [0.29, 0.717) is 12.3 Å². The van der Waals surface area contributed by atoms with Gasteiger partial charge in [-0.1, -0.05) is 17.3 Å². The molecular weight excluding hydrogens is 356 g/mol. The number of likely N-dealkylation sites (tertiary alicyclic amines) is 1. The number of benzene rings is 1. The molecule has 0 atom stereocenters. The zero-order valence-corrected chi connectivity index (χ0v) is 15.7. The number of rotatable bonds is 6. The van der Waals surface area contributed by atoms with Gasteiger partial charge in [0.2, 0.25) is 0 Å². The van der Waals surface area contributed by atoms with Crippen LogP contribution in [0.4, 0.5) is 0 Å². The SMILES string of the molecule is O=C(c1ccc(-c2cn[nH]c2)cc1)N1CCC(Cn2cc(CCO)nn2)CC1. The molecule has 0 spiro atoms. The van der Waals surface area contributed by atoms with E-state index in [1.165, 1.54) is 0 Å². The number of aliphatic hydroxyl groups is 1. The molecule has 3 aromatic rings. The maximum absolute atomic E-state index is 12.8. The monoisotopic (exact) mass is 380 g/mol. The third kappa shape index (κ3) is 4.12. The Bertz CT molecular complexity index is 895. The van der Waals surface area contributed by atoms with Crippen LogP contribution in [-0.4, -0.2) is 60.8 Å². The highest BCUT2D eigenvalue weighted by atomic mass is 16.3. The van der Waals surface area contributed by atoms with Crippen molar-refractivity contribution in [3.8, 4) is 11.1 Å². The summed E-state index contributed by atoms with van der Waals surface area (Å²) < 4.78 is 1.85. The van der Waals surface area contributed by atoms with Crippen LogP contribution in [0.15, 0.2) is 42.9 Å². The molecule has 0 aliphatic carbocycles. The van der Waals surface area contributed by atoms with Crippen LogP contribution in [0.1, 0.15) is 28.9 Å². The largest absolute Gasteiger partial charge is 0.396 e. The van der Waals surface area contributed by atoms with E-state index >= 15 is 0 Å². The standard InChI is InChI=1S/C20H24N6O2/c27-10-7-19-14-26(24-23-19)13-15-5-8-25(9-6-15)20(28)17-3-1-16(2-4-17)18-11-21-22-12-18/h1-4,11-12,14-15,27H,5-10,13H2,(H,21,22). The van der Waals surface area contributed by atoms with Gasteiger partial charge in [0.15, 0.2) is 0 Å².